The third-order valence-electron chi connectivity index (χ3n) is 5.33. The van der Waals surface area contributed by atoms with Gasteiger partial charge in [-0.3, -0.25) is 9.59 Å². The smallest absolute Gasteiger partial charge is 0.270 e. The fourth-order valence-electron chi connectivity index (χ4n) is 3.43. The van der Waals surface area contributed by atoms with Crippen molar-refractivity contribution in [2.45, 2.75) is 6.54 Å². The average Bonchev–Trinajstić information content (AvgIpc) is 2.81. The quantitative estimate of drug-likeness (QED) is 0.615. The van der Waals surface area contributed by atoms with E-state index in [4.69, 9.17) is 0 Å². The summed E-state index contributed by atoms with van der Waals surface area (Å²) < 4.78 is 14.4. The Kier molecular flexibility index (Phi) is 6.50. The molecular weight excluding hydrogens is 413 g/mol. The zero-order valence-electron chi connectivity index (χ0n) is 17.7. The van der Waals surface area contributed by atoms with E-state index in [1.54, 1.807) is 24.3 Å². The largest absolute Gasteiger partial charge is 0.354 e. The van der Waals surface area contributed by atoms with Gasteiger partial charge in [-0.25, -0.2) is 19.0 Å². The molecule has 0 aliphatic carbocycles. The molecule has 9 nitrogen and oxygen atoms in total. The number of halogens is 1. The molecule has 1 fully saturated rings. The molecule has 1 saturated heterocycles. The average molecular weight is 437 g/mol. The molecule has 32 heavy (non-hydrogen) atoms. The molecule has 1 aliphatic rings. The molecule has 1 N–H and O–H groups in total. The molecular formula is C22H24FN7O2. The summed E-state index contributed by atoms with van der Waals surface area (Å²) in [5.74, 6) is 0.0407. The minimum absolute atomic E-state index is 0.190. The maximum atomic E-state index is 13.1. The molecule has 0 atom stereocenters. The molecule has 0 radical (unpaired) electrons. The van der Waals surface area contributed by atoms with Gasteiger partial charge in [0, 0.05) is 50.4 Å². The lowest BCUT2D eigenvalue weighted by molar-refractivity contribution is 0.0946. The van der Waals surface area contributed by atoms with Gasteiger partial charge in [-0.1, -0.05) is 0 Å². The Morgan fingerprint density at radius 2 is 1.81 bits per heavy atom. The van der Waals surface area contributed by atoms with Gasteiger partial charge in [-0.2, -0.15) is 5.10 Å². The number of hydrogen-bond acceptors (Lipinski definition) is 7. The van der Waals surface area contributed by atoms with Crippen LogP contribution < -0.4 is 15.8 Å². The first-order valence-electron chi connectivity index (χ1n) is 10.4. The summed E-state index contributed by atoms with van der Waals surface area (Å²) in [6.45, 7) is 3.94. The van der Waals surface area contributed by atoms with Crippen molar-refractivity contribution in [3.05, 3.63) is 70.7 Å². The number of anilines is 1. The Labute approximate surface area is 184 Å². The Balaban J connectivity index is 1.38. The Hall–Kier alpha value is -3.66. The van der Waals surface area contributed by atoms with E-state index in [2.05, 4.69) is 37.2 Å². The highest BCUT2D eigenvalue weighted by molar-refractivity contribution is 5.92. The van der Waals surface area contributed by atoms with Crippen LogP contribution in [0.4, 0.5) is 10.2 Å². The zero-order chi connectivity index (χ0) is 22.5. The number of benzene rings is 1. The first kappa shape index (κ1) is 21.6. The predicted octanol–water partition coefficient (Wildman–Crippen LogP) is 1.02. The summed E-state index contributed by atoms with van der Waals surface area (Å²) in [5, 5.41) is 7.09. The van der Waals surface area contributed by atoms with Crippen LogP contribution in [0.15, 0.2) is 53.6 Å². The van der Waals surface area contributed by atoms with Crippen molar-refractivity contribution in [1.82, 2.24) is 30.0 Å². The van der Waals surface area contributed by atoms with E-state index in [9.17, 15) is 14.0 Å². The SMILES string of the molecule is CN1CCN(c2cc(C(=O)NCCn3nc(-c4ccc(F)cc4)ccc3=O)ncn2)CC1. The number of nitrogens with one attached hydrogen (secondary N) is 1. The fraction of sp³-hybridized carbons (Fsp3) is 0.318. The number of hydrogen-bond donors (Lipinski definition) is 1. The topological polar surface area (TPSA) is 96.2 Å². The van der Waals surface area contributed by atoms with Crippen LogP contribution in [0.3, 0.4) is 0 Å². The van der Waals surface area contributed by atoms with E-state index >= 15 is 0 Å². The van der Waals surface area contributed by atoms with E-state index in [0.717, 1.165) is 32.0 Å². The zero-order valence-corrected chi connectivity index (χ0v) is 17.7. The molecule has 1 aliphatic heterocycles. The van der Waals surface area contributed by atoms with E-state index < -0.39 is 0 Å². The lowest BCUT2D eigenvalue weighted by Crippen LogP contribution is -2.45. The minimum Gasteiger partial charge on any atom is -0.354 e. The molecule has 3 heterocycles. The highest BCUT2D eigenvalue weighted by atomic mass is 19.1. The molecule has 166 valence electrons. The number of aromatic nitrogens is 4. The van der Waals surface area contributed by atoms with Gasteiger partial charge in [-0.15, -0.1) is 0 Å². The normalized spacial score (nSPS) is 14.4. The summed E-state index contributed by atoms with van der Waals surface area (Å²) in [6, 6.07) is 10.5. The van der Waals surface area contributed by atoms with Gasteiger partial charge in [0.05, 0.1) is 12.2 Å². The van der Waals surface area contributed by atoms with Crippen molar-refractivity contribution >= 4 is 11.7 Å². The predicted molar refractivity (Wildman–Crippen MR) is 118 cm³/mol. The van der Waals surface area contributed by atoms with E-state index in [1.807, 2.05) is 0 Å². The minimum atomic E-state index is -0.342. The van der Waals surface area contributed by atoms with E-state index in [-0.39, 0.29) is 36.1 Å². The number of likely N-dealkylation sites (N-methyl/N-ethyl adjacent to an activating group) is 1. The van der Waals surface area contributed by atoms with Crippen molar-refractivity contribution < 1.29 is 9.18 Å². The monoisotopic (exact) mass is 437 g/mol. The maximum Gasteiger partial charge on any atom is 0.270 e. The maximum absolute atomic E-state index is 13.1. The third kappa shape index (κ3) is 5.14. The first-order valence-corrected chi connectivity index (χ1v) is 10.4. The molecule has 0 spiro atoms. The van der Waals surface area contributed by atoms with Gasteiger partial charge >= 0.3 is 0 Å². The molecule has 0 bridgehead atoms. The Morgan fingerprint density at radius 1 is 1.06 bits per heavy atom. The van der Waals surface area contributed by atoms with Crippen molar-refractivity contribution in [2.75, 3.05) is 44.7 Å². The van der Waals surface area contributed by atoms with Crippen LogP contribution >= 0.6 is 0 Å². The van der Waals surface area contributed by atoms with Gasteiger partial charge in [0.15, 0.2) is 0 Å². The second kappa shape index (κ2) is 9.65. The van der Waals surface area contributed by atoms with Crippen LogP contribution in [0.1, 0.15) is 10.5 Å². The van der Waals surface area contributed by atoms with Crippen LogP contribution in [-0.2, 0) is 6.54 Å². The van der Waals surface area contributed by atoms with Crippen LogP contribution in [0.25, 0.3) is 11.3 Å². The van der Waals surface area contributed by atoms with Crippen LogP contribution in [-0.4, -0.2) is 70.3 Å². The van der Waals surface area contributed by atoms with Gasteiger partial charge < -0.3 is 15.1 Å². The second-order valence-corrected chi connectivity index (χ2v) is 7.59. The van der Waals surface area contributed by atoms with Crippen LogP contribution in [0.5, 0.6) is 0 Å². The van der Waals surface area contributed by atoms with Crippen molar-refractivity contribution in [3.8, 4) is 11.3 Å². The molecule has 0 saturated carbocycles. The van der Waals surface area contributed by atoms with Gasteiger partial charge in [0.2, 0.25) is 0 Å². The van der Waals surface area contributed by atoms with Gasteiger partial charge in [0.1, 0.15) is 23.7 Å². The van der Waals surface area contributed by atoms with E-state index in [0.29, 0.717) is 11.3 Å². The fourth-order valence-corrected chi connectivity index (χ4v) is 3.43. The molecule has 0 unspecified atom stereocenters. The van der Waals surface area contributed by atoms with E-state index in [1.165, 1.54) is 29.2 Å². The summed E-state index contributed by atoms with van der Waals surface area (Å²) in [6.07, 6.45) is 1.39. The third-order valence-corrected chi connectivity index (χ3v) is 5.33. The second-order valence-electron chi connectivity index (χ2n) is 7.59. The van der Waals surface area contributed by atoms with Crippen LogP contribution in [0.2, 0.25) is 0 Å². The van der Waals surface area contributed by atoms with Crippen molar-refractivity contribution in [3.63, 3.8) is 0 Å². The van der Waals surface area contributed by atoms with Gasteiger partial charge in [0.25, 0.3) is 11.5 Å². The van der Waals surface area contributed by atoms with Crippen molar-refractivity contribution in [2.24, 2.45) is 0 Å². The summed E-state index contributed by atoms with van der Waals surface area (Å²) in [7, 11) is 2.08. The van der Waals surface area contributed by atoms with Crippen molar-refractivity contribution in [1.29, 1.82) is 0 Å². The van der Waals surface area contributed by atoms with Crippen LogP contribution in [0, 0.1) is 5.82 Å². The Bertz CT molecular complexity index is 1140. The number of rotatable bonds is 6. The summed E-state index contributed by atoms with van der Waals surface area (Å²) in [4.78, 5) is 37.4. The lowest BCUT2D eigenvalue weighted by atomic mass is 10.1. The number of carbonyl (C=O) groups is 1. The standard InChI is InChI=1S/C22H24FN7O2/c1-28-10-12-29(13-11-28)20-14-19(25-15-26-20)22(32)24-8-9-30-21(31)7-6-18(27-30)16-2-4-17(23)5-3-16/h2-7,14-15H,8-13H2,1H3,(H,24,32). The Morgan fingerprint density at radius 3 is 2.56 bits per heavy atom. The van der Waals surface area contributed by atoms with Gasteiger partial charge in [-0.05, 0) is 37.4 Å². The highest BCUT2D eigenvalue weighted by Gasteiger charge is 2.17. The lowest BCUT2D eigenvalue weighted by Gasteiger charge is -2.33. The molecule has 3 aromatic rings. The number of carbonyl (C=O) groups excluding carboxylic acids is 1. The highest BCUT2D eigenvalue weighted by Crippen LogP contribution is 2.16. The molecule has 4 rings (SSSR count). The first-order chi connectivity index (χ1) is 15.5. The molecule has 2 aromatic heterocycles. The summed E-state index contributed by atoms with van der Waals surface area (Å²) in [5.41, 5.74) is 1.23. The number of amides is 1. The molecule has 1 aromatic carbocycles. The molecule has 1 amide bonds. The number of nitrogens with zero attached hydrogens (tertiary/aromatic N) is 6. The molecule has 10 heteroatoms. The summed E-state index contributed by atoms with van der Waals surface area (Å²) >= 11 is 0. The number of piperazine rings is 1.